The topological polar surface area (TPSA) is 45.7 Å². The van der Waals surface area contributed by atoms with Crippen molar-refractivity contribution in [3.8, 4) is 0 Å². The van der Waals surface area contributed by atoms with E-state index >= 15 is 0 Å². The van der Waals surface area contributed by atoms with Crippen molar-refractivity contribution >= 4 is 27.5 Å². The zero-order chi connectivity index (χ0) is 17.4. The van der Waals surface area contributed by atoms with Gasteiger partial charge in [-0.15, -0.1) is 11.3 Å². The van der Waals surface area contributed by atoms with Gasteiger partial charge in [0.25, 0.3) is 5.91 Å². The number of fused-ring (bicyclic) bond motifs is 1. The van der Waals surface area contributed by atoms with Crippen molar-refractivity contribution < 1.29 is 9.53 Å². The molecule has 1 amide bonds. The van der Waals surface area contributed by atoms with E-state index in [-0.39, 0.29) is 5.91 Å². The lowest BCUT2D eigenvalue weighted by Gasteiger charge is -2.39. The average Bonchev–Trinajstić information content (AvgIpc) is 3.42. The number of aromatic nitrogens is 1. The molecule has 2 heterocycles. The molecule has 134 valence electrons. The molecule has 1 saturated heterocycles. The van der Waals surface area contributed by atoms with Gasteiger partial charge < -0.3 is 9.64 Å². The van der Waals surface area contributed by atoms with Gasteiger partial charge in [0.1, 0.15) is 10.6 Å². The van der Waals surface area contributed by atoms with Gasteiger partial charge in [0, 0.05) is 33.3 Å². The monoisotopic (exact) mass is 359 g/mol. The highest BCUT2D eigenvalue weighted by Gasteiger charge is 2.49. The van der Waals surface area contributed by atoms with Crippen LogP contribution in [0.3, 0.4) is 0 Å². The zero-order valence-electron chi connectivity index (χ0n) is 14.9. The van der Waals surface area contributed by atoms with E-state index in [4.69, 9.17) is 9.72 Å². The standard InChI is InChI=1S/C19H25N3O2S/c1-19(24-2,14-7-8-14)18(23)22-11-9-21(10-12-22)13-17-20-15-5-3-4-6-16(15)25-17/h3-6,14H,7-13H2,1-2H3. The Bertz CT molecular complexity index is 732. The van der Waals surface area contributed by atoms with Crippen LogP contribution >= 0.6 is 11.3 Å². The van der Waals surface area contributed by atoms with Crippen molar-refractivity contribution in [1.82, 2.24) is 14.8 Å². The predicted octanol–water partition coefficient (Wildman–Crippen LogP) is 2.76. The number of carbonyl (C=O) groups is 1. The molecular weight excluding hydrogens is 334 g/mol. The Balaban J connectivity index is 1.35. The van der Waals surface area contributed by atoms with Crippen LogP contribution < -0.4 is 0 Å². The summed E-state index contributed by atoms with van der Waals surface area (Å²) in [5, 5.41) is 1.15. The molecule has 0 radical (unpaired) electrons. The van der Waals surface area contributed by atoms with Crippen LogP contribution in [0, 0.1) is 5.92 Å². The molecule has 2 aromatic rings. The second-order valence-corrected chi connectivity index (χ2v) is 8.34. The van der Waals surface area contributed by atoms with Crippen LogP contribution in [0.2, 0.25) is 0 Å². The Kier molecular flexibility index (Phi) is 4.52. The van der Waals surface area contributed by atoms with E-state index in [1.165, 1.54) is 4.70 Å². The summed E-state index contributed by atoms with van der Waals surface area (Å²) >= 11 is 1.76. The summed E-state index contributed by atoms with van der Waals surface area (Å²) in [7, 11) is 1.67. The number of benzene rings is 1. The van der Waals surface area contributed by atoms with E-state index in [0.717, 1.165) is 56.1 Å². The number of para-hydroxylation sites is 1. The van der Waals surface area contributed by atoms with Gasteiger partial charge in [-0.1, -0.05) is 12.1 Å². The van der Waals surface area contributed by atoms with Crippen molar-refractivity contribution in [3.63, 3.8) is 0 Å². The molecule has 0 N–H and O–H groups in total. The summed E-state index contributed by atoms with van der Waals surface area (Å²) in [5.41, 5.74) is 0.450. The van der Waals surface area contributed by atoms with E-state index in [1.807, 2.05) is 17.9 Å². The normalized spacial score (nSPS) is 21.4. The van der Waals surface area contributed by atoms with E-state index in [9.17, 15) is 4.79 Å². The third-order valence-corrected chi connectivity index (χ3v) is 6.58. The third kappa shape index (κ3) is 3.30. The van der Waals surface area contributed by atoms with Gasteiger partial charge in [0.15, 0.2) is 0 Å². The molecule has 1 atom stereocenters. The van der Waals surface area contributed by atoms with Crippen LogP contribution in [0.15, 0.2) is 24.3 Å². The highest BCUT2D eigenvalue weighted by Crippen LogP contribution is 2.42. The second kappa shape index (κ2) is 6.67. The molecule has 2 fully saturated rings. The number of methoxy groups -OCH3 is 1. The Hall–Kier alpha value is -1.50. The first-order chi connectivity index (χ1) is 12.1. The number of carbonyl (C=O) groups excluding carboxylic acids is 1. The first kappa shape index (κ1) is 16.9. The molecule has 25 heavy (non-hydrogen) atoms. The molecule has 1 unspecified atom stereocenters. The number of thiazole rings is 1. The van der Waals surface area contributed by atoms with Gasteiger partial charge in [-0.3, -0.25) is 9.69 Å². The predicted molar refractivity (Wildman–Crippen MR) is 99.6 cm³/mol. The molecular formula is C19H25N3O2S. The van der Waals surface area contributed by atoms with Gasteiger partial charge in [-0.25, -0.2) is 4.98 Å². The maximum atomic E-state index is 12.9. The highest BCUT2D eigenvalue weighted by molar-refractivity contribution is 7.18. The first-order valence-corrected chi connectivity index (χ1v) is 9.83. The summed E-state index contributed by atoms with van der Waals surface area (Å²) < 4.78 is 6.86. The van der Waals surface area contributed by atoms with Crippen LogP contribution in [-0.4, -0.2) is 59.6 Å². The van der Waals surface area contributed by atoms with Crippen molar-refractivity contribution in [1.29, 1.82) is 0 Å². The molecule has 1 aromatic carbocycles. The van der Waals surface area contributed by atoms with Crippen LogP contribution in [-0.2, 0) is 16.1 Å². The Morgan fingerprint density at radius 2 is 2.00 bits per heavy atom. The molecule has 1 aliphatic carbocycles. The molecule has 0 spiro atoms. The number of ether oxygens (including phenoxy) is 1. The van der Waals surface area contributed by atoms with Crippen molar-refractivity contribution in [2.75, 3.05) is 33.3 Å². The number of piperazine rings is 1. The van der Waals surface area contributed by atoms with E-state index in [1.54, 1.807) is 18.4 Å². The molecule has 6 heteroatoms. The number of hydrogen-bond donors (Lipinski definition) is 0. The Labute approximate surface area is 152 Å². The third-order valence-electron chi connectivity index (χ3n) is 5.56. The number of rotatable bonds is 5. The largest absolute Gasteiger partial charge is 0.368 e. The average molecular weight is 359 g/mol. The first-order valence-electron chi connectivity index (χ1n) is 9.01. The lowest BCUT2D eigenvalue weighted by molar-refractivity contribution is -0.157. The van der Waals surface area contributed by atoms with E-state index in [2.05, 4.69) is 23.1 Å². The molecule has 4 rings (SSSR count). The van der Waals surface area contributed by atoms with Crippen LogP contribution in [0.1, 0.15) is 24.8 Å². The minimum absolute atomic E-state index is 0.164. The lowest BCUT2D eigenvalue weighted by atomic mass is 9.97. The molecule has 1 saturated carbocycles. The fourth-order valence-electron chi connectivity index (χ4n) is 3.66. The molecule has 1 aliphatic heterocycles. The summed E-state index contributed by atoms with van der Waals surface area (Å²) in [5.74, 6) is 0.558. The Morgan fingerprint density at radius 3 is 2.64 bits per heavy atom. The van der Waals surface area contributed by atoms with Gasteiger partial charge in [-0.2, -0.15) is 0 Å². The van der Waals surface area contributed by atoms with Crippen molar-refractivity contribution in [2.45, 2.75) is 31.9 Å². The quantitative estimate of drug-likeness (QED) is 0.823. The van der Waals surface area contributed by atoms with Gasteiger partial charge in [0.2, 0.25) is 0 Å². The van der Waals surface area contributed by atoms with Crippen LogP contribution in [0.25, 0.3) is 10.2 Å². The van der Waals surface area contributed by atoms with Gasteiger partial charge >= 0.3 is 0 Å². The fraction of sp³-hybridized carbons (Fsp3) is 0.579. The summed E-state index contributed by atoms with van der Waals surface area (Å²) in [4.78, 5) is 22.0. The fourth-order valence-corrected chi connectivity index (χ4v) is 4.67. The SMILES string of the molecule is COC(C)(C(=O)N1CCN(Cc2nc3ccccc3s2)CC1)C1CC1. The molecule has 1 aromatic heterocycles. The maximum Gasteiger partial charge on any atom is 0.254 e. The number of hydrogen-bond acceptors (Lipinski definition) is 5. The van der Waals surface area contributed by atoms with Crippen molar-refractivity contribution in [3.05, 3.63) is 29.3 Å². The number of nitrogens with zero attached hydrogens (tertiary/aromatic N) is 3. The van der Waals surface area contributed by atoms with Gasteiger partial charge in [0.05, 0.1) is 16.8 Å². The second-order valence-electron chi connectivity index (χ2n) is 7.23. The minimum Gasteiger partial charge on any atom is -0.368 e. The highest BCUT2D eigenvalue weighted by atomic mass is 32.1. The van der Waals surface area contributed by atoms with E-state index < -0.39 is 5.60 Å². The molecule has 2 aliphatic rings. The maximum absolute atomic E-state index is 12.9. The number of amides is 1. The van der Waals surface area contributed by atoms with Gasteiger partial charge in [-0.05, 0) is 37.8 Å². The summed E-state index contributed by atoms with van der Waals surface area (Å²) in [6.07, 6.45) is 2.21. The summed E-state index contributed by atoms with van der Waals surface area (Å²) in [6, 6.07) is 8.27. The lowest BCUT2D eigenvalue weighted by Crippen LogP contribution is -2.56. The van der Waals surface area contributed by atoms with Crippen LogP contribution in [0.4, 0.5) is 0 Å². The summed E-state index contributed by atoms with van der Waals surface area (Å²) in [6.45, 7) is 6.16. The smallest absolute Gasteiger partial charge is 0.254 e. The van der Waals surface area contributed by atoms with Crippen LogP contribution in [0.5, 0.6) is 0 Å². The van der Waals surface area contributed by atoms with Crippen molar-refractivity contribution in [2.24, 2.45) is 5.92 Å². The Morgan fingerprint density at radius 1 is 1.28 bits per heavy atom. The zero-order valence-corrected chi connectivity index (χ0v) is 15.7. The molecule has 5 nitrogen and oxygen atoms in total. The molecule has 0 bridgehead atoms. The minimum atomic E-state index is -0.630. The van der Waals surface area contributed by atoms with E-state index in [0.29, 0.717) is 5.92 Å².